The number of nitrogens with zero attached hydrogens (tertiary/aromatic N) is 1. The van der Waals surface area contributed by atoms with E-state index < -0.39 is 0 Å². The maximum Gasteiger partial charge on any atom is 2.00 e. The standard InChI is InChI=1S/C5H10N.BrH.Mg/c1-4-5-6(2)3;;/h1,5H2,2-3H3;1H;/q-1;;+2/p-1. The predicted molar refractivity (Wildman–Crippen MR) is 33.2 cm³/mol. The van der Waals surface area contributed by atoms with Crippen LogP contribution in [-0.4, -0.2) is 48.6 Å². The zero-order valence-electron chi connectivity index (χ0n) is 5.45. The van der Waals surface area contributed by atoms with E-state index in [4.69, 9.17) is 0 Å². The van der Waals surface area contributed by atoms with Gasteiger partial charge in [0, 0.05) is 0 Å². The summed E-state index contributed by atoms with van der Waals surface area (Å²) in [7, 11) is 3.97. The van der Waals surface area contributed by atoms with Crippen LogP contribution >= 0.6 is 0 Å². The Kier molecular flexibility index (Phi) is 21.7. The average molecular weight is 188 g/mol. The number of rotatable bonds is 2. The van der Waals surface area contributed by atoms with Gasteiger partial charge in [0.15, 0.2) is 0 Å². The smallest absolute Gasteiger partial charge is 1.00 e. The van der Waals surface area contributed by atoms with Crippen molar-refractivity contribution in [3.8, 4) is 0 Å². The first-order valence-corrected chi connectivity index (χ1v) is 1.92. The van der Waals surface area contributed by atoms with Crippen LogP contribution in [0.25, 0.3) is 0 Å². The molecule has 0 saturated carbocycles. The Bertz CT molecular complexity index is 47.7. The van der Waals surface area contributed by atoms with Crippen molar-refractivity contribution in [3.05, 3.63) is 12.7 Å². The third-order valence-corrected chi connectivity index (χ3v) is 0.428. The molecule has 0 radical (unpaired) electrons. The van der Waals surface area contributed by atoms with E-state index >= 15 is 0 Å². The van der Waals surface area contributed by atoms with Gasteiger partial charge in [-0.1, -0.05) is 0 Å². The Labute approximate surface area is 78.1 Å². The molecule has 0 fully saturated rings. The van der Waals surface area contributed by atoms with E-state index in [0.29, 0.717) is 0 Å². The van der Waals surface area contributed by atoms with Crippen molar-refractivity contribution in [3.63, 3.8) is 0 Å². The van der Waals surface area contributed by atoms with Gasteiger partial charge >= 0.3 is 23.1 Å². The van der Waals surface area contributed by atoms with Crippen LogP contribution in [-0.2, 0) is 0 Å². The molecular weight excluding hydrogens is 178 g/mol. The van der Waals surface area contributed by atoms with Crippen molar-refractivity contribution in [2.75, 3.05) is 20.6 Å². The topological polar surface area (TPSA) is 3.24 Å². The van der Waals surface area contributed by atoms with E-state index in [2.05, 4.69) is 12.7 Å². The largest absolute Gasteiger partial charge is 2.00 e. The summed E-state index contributed by atoms with van der Waals surface area (Å²) < 4.78 is 0. The number of hydrogen-bond donors (Lipinski definition) is 0. The molecule has 0 aromatic heterocycles. The molecule has 44 valence electrons. The molecule has 0 saturated heterocycles. The van der Waals surface area contributed by atoms with E-state index in [9.17, 15) is 0 Å². The molecule has 3 heteroatoms. The van der Waals surface area contributed by atoms with E-state index in [1.807, 2.05) is 19.0 Å². The van der Waals surface area contributed by atoms with Gasteiger partial charge in [0.1, 0.15) is 0 Å². The molecule has 0 heterocycles. The fourth-order valence-corrected chi connectivity index (χ4v) is 0.224. The minimum atomic E-state index is 0. The van der Waals surface area contributed by atoms with Crippen LogP contribution in [0.1, 0.15) is 0 Å². The Hall–Kier alpha value is 0.946. The molecule has 0 atom stereocenters. The first kappa shape index (κ1) is 16.0. The summed E-state index contributed by atoms with van der Waals surface area (Å²) in [6, 6.07) is 0. The van der Waals surface area contributed by atoms with Crippen LogP contribution in [0.2, 0.25) is 0 Å². The molecule has 0 aliphatic heterocycles. The molecule has 0 amide bonds. The quantitative estimate of drug-likeness (QED) is 0.333. The number of likely N-dealkylation sites (N-methyl/N-ethyl adjacent to an activating group) is 1. The van der Waals surface area contributed by atoms with Crippen molar-refractivity contribution >= 4 is 23.1 Å². The van der Waals surface area contributed by atoms with Crippen molar-refractivity contribution in [2.24, 2.45) is 0 Å². The van der Waals surface area contributed by atoms with E-state index in [1.165, 1.54) is 0 Å². The number of hydrogen-bond acceptors (Lipinski definition) is 1. The van der Waals surface area contributed by atoms with Crippen molar-refractivity contribution in [1.29, 1.82) is 0 Å². The average Bonchev–Trinajstić information content (AvgIpc) is 1.35. The van der Waals surface area contributed by atoms with Gasteiger partial charge in [-0.25, -0.2) is 0 Å². The molecule has 0 rings (SSSR count). The van der Waals surface area contributed by atoms with Crippen LogP contribution in [0.5, 0.6) is 0 Å². The molecule has 1 nitrogen and oxygen atoms in total. The third kappa shape index (κ3) is 15.8. The maximum absolute atomic E-state index is 3.43. The van der Waals surface area contributed by atoms with E-state index in [0.717, 1.165) is 6.54 Å². The molecule has 0 N–H and O–H groups in total. The molecule has 8 heavy (non-hydrogen) atoms. The Morgan fingerprint density at radius 3 is 1.88 bits per heavy atom. The fraction of sp³-hybridized carbons (Fsp3) is 0.600. The summed E-state index contributed by atoms with van der Waals surface area (Å²) in [6.45, 7) is 4.28. The zero-order valence-corrected chi connectivity index (χ0v) is 8.45. The van der Waals surface area contributed by atoms with Gasteiger partial charge in [0.2, 0.25) is 0 Å². The van der Waals surface area contributed by atoms with Crippen LogP contribution in [0.15, 0.2) is 6.58 Å². The molecule has 0 spiro atoms. The van der Waals surface area contributed by atoms with Gasteiger partial charge in [0.25, 0.3) is 0 Å². The Morgan fingerprint density at radius 2 is 1.88 bits per heavy atom. The molecule has 0 aromatic rings. The molecule has 0 aliphatic rings. The predicted octanol–water partition coefficient (Wildman–Crippen LogP) is -2.84. The van der Waals surface area contributed by atoms with Gasteiger partial charge in [-0.05, 0) is 14.1 Å². The summed E-state index contributed by atoms with van der Waals surface area (Å²) >= 11 is 0. The summed E-state index contributed by atoms with van der Waals surface area (Å²) in [5, 5.41) is 0. The second-order valence-corrected chi connectivity index (χ2v) is 1.49. The molecular formula is C5H10BrMgN. The minimum absolute atomic E-state index is 0. The first-order chi connectivity index (χ1) is 2.77. The van der Waals surface area contributed by atoms with Crippen LogP contribution < -0.4 is 17.0 Å². The van der Waals surface area contributed by atoms with Gasteiger partial charge in [-0.3, -0.25) is 6.58 Å². The zero-order chi connectivity index (χ0) is 4.99. The fourth-order valence-electron chi connectivity index (χ4n) is 0.224. The summed E-state index contributed by atoms with van der Waals surface area (Å²) in [5.41, 5.74) is 0. The second-order valence-electron chi connectivity index (χ2n) is 1.49. The van der Waals surface area contributed by atoms with Crippen molar-refractivity contribution < 1.29 is 17.0 Å². The molecule has 0 aromatic carbocycles. The van der Waals surface area contributed by atoms with Gasteiger partial charge in [-0.15, -0.1) is 6.54 Å². The minimum Gasteiger partial charge on any atom is -1.00 e. The maximum atomic E-state index is 3.43. The van der Waals surface area contributed by atoms with Crippen LogP contribution in [0, 0.1) is 6.08 Å². The van der Waals surface area contributed by atoms with Crippen molar-refractivity contribution in [2.45, 2.75) is 0 Å². The van der Waals surface area contributed by atoms with Gasteiger partial charge in [-0.2, -0.15) is 0 Å². The Morgan fingerprint density at radius 1 is 1.50 bits per heavy atom. The number of halogens is 1. The summed E-state index contributed by atoms with van der Waals surface area (Å²) in [5.74, 6) is 0. The normalized spacial score (nSPS) is 6.88. The molecule has 0 unspecified atom stereocenters. The Balaban J connectivity index is -0.000000125. The van der Waals surface area contributed by atoms with Gasteiger partial charge in [0.05, 0.1) is 0 Å². The SMILES string of the molecule is C=[C-]CN(C)C.[Br-].[Mg+2]. The van der Waals surface area contributed by atoms with Crippen LogP contribution in [0.3, 0.4) is 0 Å². The molecule has 0 aliphatic carbocycles. The third-order valence-electron chi connectivity index (χ3n) is 0.428. The molecule has 0 bridgehead atoms. The van der Waals surface area contributed by atoms with Crippen molar-refractivity contribution in [1.82, 2.24) is 4.90 Å². The summed E-state index contributed by atoms with van der Waals surface area (Å²) in [6.07, 6.45) is 2.74. The summed E-state index contributed by atoms with van der Waals surface area (Å²) in [4.78, 5) is 2.01. The van der Waals surface area contributed by atoms with Gasteiger partial charge < -0.3 is 28.0 Å². The first-order valence-electron chi connectivity index (χ1n) is 1.92. The van der Waals surface area contributed by atoms with Crippen LogP contribution in [0.4, 0.5) is 0 Å². The van der Waals surface area contributed by atoms with E-state index in [1.54, 1.807) is 0 Å². The monoisotopic (exact) mass is 187 g/mol. The van der Waals surface area contributed by atoms with E-state index in [-0.39, 0.29) is 40.0 Å². The second kappa shape index (κ2) is 10.8.